The van der Waals surface area contributed by atoms with E-state index in [1.54, 1.807) is 25.3 Å². The van der Waals surface area contributed by atoms with Gasteiger partial charge in [-0.1, -0.05) is 65.7 Å². The molecule has 0 aliphatic carbocycles. The van der Waals surface area contributed by atoms with Crippen molar-refractivity contribution in [2.75, 3.05) is 7.11 Å². The minimum absolute atomic E-state index is 0.209. The van der Waals surface area contributed by atoms with E-state index in [-0.39, 0.29) is 18.1 Å². The third kappa shape index (κ3) is 5.66. The van der Waals surface area contributed by atoms with Gasteiger partial charge in [-0.15, -0.1) is 6.58 Å². The normalized spacial score (nSPS) is 14.2. The second-order valence-electron chi connectivity index (χ2n) is 8.85. The van der Waals surface area contributed by atoms with E-state index in [1.165, 1.54) is 10.5 Å². The van der Waals surface area contributed by atoms with Crippen LogP contribution in [0, 0.1) is 13.8 Å². The zero-order chi connectivity index (χ0) is 25.7. The molecule has 0 saturated carbocycles. The fourth-order valence-electron chi connectivity index (χ4n) is 4.10. The molecule has 0 aromatic heterocycles. The number of carbonyl (C=O) groups is 2. The first-order valence-corrected chi connectivity index (χ1v) is 11.8. The Hall–Kier alpha value is -4.32. The van der Waals surface area contributed by atoms with E-state index in [1.807, 2.05) is 68.4 Å². The summed E-state index contributed by atoms with van der Waals surface area (Å²) in [4.78, 5) is 26.8. The van der Waals surface area contributed by atoms with Gasteiger partial charge in [0.2, 0.25) is 0 Å². The van der Waals surface area contributed by atoms with Crippen molar-refractivity contribution in [3.8, 4) is 11.5 Å². The molecule has 36 heavy (non-hydrogen) atoms. The number of allylic oxidation sites excluding steroid dienone is 1. The molecule has 1 N–H and O–H groups in total. The van der Waals surface area contributed by atoms with Gasteiger partial charge < -0.3 is 14.8 Å². The number of amides is 3. The number of imide groups is 1. The van der Waals surface area contributed by atoms with Crippen molar-refractivity contribution in [3.63, 3.8) is 0 Å². The molecular weight excluding hydrogens is 452 g/mol. The van der Waals surface area contributed by atoms with Crippen LogP contribution in [0.1, 0.15) is 33.4 Å². The number of methoxy groups -OCH3 is 1. The molecule has 1 aliphatic heterocycles. The lowest BCUT2D eigenvalue weighted by molar-refractivity contribution is -0.123. The lowest BCUT2D eigenvalue weighted by Crippen LogP contribution is -2.30. The summed E-state index contributed by atoms with van der Waals surface area (Å²) in [6.07, 6.45) is 4.00. The largest absolute Gasteiger partial charge is 0.493 e. The average Bonchev–Trinajstić information content (AvgIpc) is 3.11. The average molecular weight is 483 g/mol. The monoisotopic (exact) mass is 482 g/mol. The van der Waals surface area contributed by atoms with Gasteiger partial charge in [-0.2, -0.15) is 0 Å². The van der Waals surface area contributed by atoms with E-state index >= 15 is 0 Å². The van der Waals surface area contributed by atoms with Crippen LogP contribution in [0.5, 0.6) is 11.5 Å². The minimum atomic E-state index is -0.441. The molecule has 0 atom stereocenters. The molecule has 3 aromatic carbocycles. The Bertz CT molecular complexity index is 1330. The summed E-state index contributed by atoms with van der Waals surface area (Å²) in [5.41, 5.74) is 6.00. The molecule has 0 spiro atoms. The summed E-state index contributed by atoms with van der Waals surface area (Å²) in [5, 5.41) is 2.70. The number of hydrogen-bond donors (Lipinski definition) is 1. The van der Waals surface area contributed by atoms with Gasteiger partial charge in [0.15, 0.2) is 11.5 Å². The zero-order valence-corrected chi connectivity index (χ0v) is 20.8. The summed E-state index contributed by atoms with van der Waals surface area (Å²) >= 11 is 0. The van der Waals surface area contributed by atoms with Crippen LogP contribution >= 0.6 is 0 Å². The number of carbonyl (C=O) groups excluding carboxylic acids is 2. The highest BCUT2D eigenvalue weighted by atomic mass is 16.5. The Morgan fingerprint density at radius 2 is 1.75 bits per heavy atom. The van der Waals surface area contributed by atoms with Crippen LogP contribution in [0.2, 0.25) is 0 Å². The van der Waals surface area contributed by atoms with Crippen LogP contribution in [0.25, 0.3) is 6.08 Å². The molecule has 6 nitrogen and oxygen atoms in total. The van der Waals surface area contributed by atoms with Crippen molar-refractivity contribution in [2.45, 2.75) is 33.4 Å². The molecule has 0 bridgehead atoms. The van der Waals surface area contributed by atoms with Crippen LogP contribution in [0.15, 0.2) is 79.0 Å². The van der Waals surface area contributed by atoms with Gasteiger partial charge in [0.05, 0.1) is 13.7 Å². The lowest BCUT2D eigenvalue weighted by Gasteiger charge is -2.16. The van der Waals surface area contributed by atoms with E-state index in [0.29, 0.717) is 30.1 Å². The van der Waals surface area contributed by atoms with Crippen LogP contribution in [-0.2, 0) is 24.4 Å². The van der Waals surface area contributed by atoms with E-state index in [0.717, 1.165) is 22.3 Å². The molecular formula is C30H30N2O4. The molecule has 3 aromatic rings. The Morgan fingerprint density at radius 1 is 0.972 bits per heavy atom. The molecule has 6 heteroatoms. The number of rotatable bonds is 9. The molecule has 3 amide bonds. The van der Waals surface area contributed by atoms with E-state index < -0.39 is 6.03 Å². The summed E-state index contributed by atoms with van der Waals surface area (Å²) in [5.74, 6) is 0.801. The number of ether oxygens (including phenoxy) is 2. The summed E-state index contributed by atoms with van der Waals surface area (Å²) in [7, 11) is 1.58. The van der Waals surface area contributed by atoms with Gasteiger partial charge in [0.1, 0.15) is 12.3 Å². The molecule has 4 rings (SSSR count). The maximum atomic E-state index is 13.0. The number of hydrogen-bond acceptors (Lipinski definition) is 4. The van der Waals surface area contributed by atoms with Gasteiger partial charge in [-0.25, -0.2) is 4.79 Å². The fraction of sp³-hybridized carbons (Fsp3) is 0.200. The minimum Gasteiger partial charge on any atom is -0.493 e. The zero-order valence-electron chi connectivity index (χ0n) is 20.8. The number of benzene rings is 3. The molecule has 0 unspecified atom stereocenters. The molecule has 1 aliphatic rings. The SMILES string of the molecule is C=CCc1cc(/C=C2/NC(=O)N(Cc3cccc(C)c3)C2=O)cc(OC)c1OCc1ccc(C)cc1. The van der Waals surface area contributed by atoms with Crippen LogP contribution in [0.3, 0.4) is 0 Å². The second kappa shape index (κ2) is 11.0. The third-order valence-corrected chi connectivity index (χ3v) is 5.94. The Morgan fingerprint density at radius 3 is 2.44 bits per heavy atom. The van der Waals surface area contributed by atoms with Gasteiger partial charge in [0, 0.05) is 5.56 Å². The molecule has 0 radical (unpaired) electrons. The number of nitrogens with zero attached hydrogens (tertiary/aromatic N) is 1. The third-order valence-electron chi connectivity index (χ3n) is 5.94. The molecule has 1 saturated heterocycles. The second-order valence-corrected chi connectivity index (χ2v) is 8.85. The van der Waals surface area contributed by atoms with Crippen molar-refractivity contribution < 1.29 is 19.1 Å². The smallest absolute Gasteiger partial charge is 0.329 e. The van der Waals surface area contributed by atoms with Crippen molar-refractivity contribution >= 4 is 18.0 Å². The first kappa shape index (κ1) is 24.8. The van der Waals surface area contributed by atoms with Gasteiger partial charge in [0.25, 0.3) is 5.91 Å². The van der Waals surface area contributed by atoms with Crippen molar-refractivity contribution in [1.29, 1.82) is 0 Å². The Kier molecular flexibility index (Phi) is 7.54. The highest BCUT2D eigenvalue weighted by Gasteiger charge is 2.33. The van der Waals surface area contributed by atoms with Gasteiger partial charge in [-0.3, -0.25) is 9.69 Å². The van der Waals surface area contributed by atoms with E-state index in [2.05, 4.69) is 11.9 Å². The summed E-state index contributed by atoms with van der Waals surface area (Å²) in [6.45, 7) is 8.48. The van der Waals surface area contributed by atoms with Gasteiger partial charge >= 0.3 is 6.03 Å². The van der Waals surface area contributed by atoms with Crippen LogP contribution in [-0.4, -0.2) is 23.9 Å². The van der Waals surface area contributed by atoms with Crippen molar-refractivity contribution in [2.24, 2.45) is 0 Å². The van der Waals surface area contributed by atoms with E-state index in [9.17, 15) is 9.59 Å². The highest BCUT2D eigenvalue weighted by molar-refractivity contribution is 6.13. The molecule has 184 valence electrons. The highest BCUT2D eigenvalue weighted by Crippen LogP contribution is 2.35. The Balaban J connectivity index is 1.59. The Labute approximate surface area is 211 Å². The van der Waals surface area contributed by atoms with Crippen molar-refractivity contribution in [1.82, 2.24) is 10.2 Å². The van der Waals surface area contributed by atoms with Crippen LogP contribution < -0.4 is 14.8 Å². The molecule has 1 heterocycles. The predicted octanol–water partition coefficient (Wildman–Crippen LogP) is 5.71. The first-order chi connectivity index (χ1) is 17.4. The van der Waals surface area contributed by atoms with Crippen LogP contribution in [0.4, 0.5) is 4.79 Å². The van der Waals surface area contributed by atoms with Gasteiger partial charge in [-0.05, 0) is 55.2 Å². The lowest BCUT2D eigenvalue weighted by atomic mass is 10.0. The summed E-state index contributed by atoms with van der Waals surface area (Å²) in [6, 6.07) is 19.2. The predicted molar refractivity (Wildman–Crippen MR) is 141 cm³/mol. The first-order valence-electron chi connectivity index (χ1n) is 11.8. The standard InChI is InChI=1S/C30H30N2O4/c1-5-7-25-15-24(17-27(35-4)28(25)36-19-22-12-10-20(2)11-13-22)16-26-29(33)32(30(34)31-26)18-23-9-6-8-21(3)14-23/h5-6,8-17H,1,7,18-19H2,2-4H3,(H,31,34)/b26-16+. The van der Waals surface area contributed by atoms with Crippen molar-refractivity contribution in [3.05, 3.63) is 112 Å². The maximum Gasteiger partial charge on any atom is 0.329 e. The number of aryl methyl sites for hydroxylation is 2. The fourth-order valence-corrected chi connectivity index (χ4v) is 4.10. The van der Waals surface area contributed by atoms with E-state index in [4.69, 9.17) is 9.47 Å². The number of urea groups is 1. The summed E-state index contributed by atoms with van der Waals surface area (Å²) < 4.78 is 11.8. The molecule has 1 fully saturated rings. The topological polar surface area (TPSA) is 67.9 Å². The maximum absolute atomic E-state index is 13.0. The quantitative estimate of drug-likeness (QED) is 0.241. The number of nitrogens with one attached hydrogen (secondary N) is 1.